The second-order valence-electron chi connectivity index (χ2n) is 6.52. The summed E-state index contributed by atoms with van der Waals surface area (Å²) in [5.41, 5.74) is -0.321. The second kappa shape index (κ2) is 7.40. The molecule has 2 atom stereocenters. The third-order valence-electron chi connectivity index (χ3n) is 4.43. The van der Waals surface area contributed by atoms with Crippen LogP contribution in [-0.2, 0) is 4.74 Å². The lowest BCUT2D eigenvalue weighted by molar-refractivity contribution is -0.0300. The zero-order chi connectivity index (χ0) is 14.4. The number of hydrogen-bond donors (Lipinski definition) is 1. The van der Waals surface area contributed by atoms with Crippen LogP contribution in [0.4, 0.5) is 0 Å². The number of rotatable bonds is 8. The normalized spacial score (nSPS) is 26.9. The first-order chi connectivity index (χ1) is 9.65. The summed E-state index contributed by atoms with van der Waals surface area (Å²) in [6.07, 6.45) is 7.27. The maximum absolute atomic E-state index is 9.34. The fraction of sp³-hybridized carbons (Fsp3) is 0.938. The second-order valence-corrected chi connectivity index (χ2v) is 6.52. The van der Waals surface area contributed by atoms with Gasteiger partial charge in [-0.3, -0.25) is 10.2 Å². The Labute approximate surface area is 123 Å². The molecule has 0 aromatic carbocycles. The van der Waals surface area contributed by atoms with Gasteiger partial charge in [0.25, 0.3) is 0 Å². The van der Waals surface area contributed by atoms with Crippen molar-refractivity contribution in [2.24, 2.45) is 0 Å². The predicted molar refractivity (Wildman–Crippen MR) is 80.5 cm³/mol. The van der Waals surface area contributed by atoms with Gasteiger partial charge in [-0.1, -0.05) is 6.92 Å². The lowest BCUT2D eigenvalue weighted by atomic mass is 9.96. The lowest BCUT2D eigenvalue weighted by Crippen LogP contribution is -2.43. The SMILES string of the molecule is CCC1CN(CCCCC(C)(C#N)NC2CC2)CCO1. The Balaban J connectivity index is 1.61. The predicted octanol–water partition coefficient (Wildman–Crippen LogP) is 2.30. The minimum atomic E-state index is -0.321. The molecule has 2 aliphatic rings. The van der Waals surface area contributed by atoms with Gasteiger partial charge in [0.2, 0.25) is 0 Å². The molecule has 1 N–H and O–H groups in total. The number of nitrogens with one attached hydrogen (secondary N) is 1. The highest BCUT2D eigenvalue weighted by atomic mass is 16.5. The molecule has 2 unspecified atom stereocenters. The minimum absolute atomic E-state index is 0.321. The Morgan fingerprint density at radius 2 is 2.20 bits per heavy atom. The van der Waals surface area contributed by atoms with Crippen LogP contribution in [0, 0.1) is 11.3 Å². The Morgan fingerprint density at radius 1 is 1.40 bits per heavy atom. The van der Waals surface area contributed by atoms with Gasteiger partial charge in [-0.15, -0.1) is 0 Å². The number of hydrogen-bond acceptors (Lipinski definition) is 4. The van der Waals surface area contributed by atoms with Crippen molar-refractivity contribution in [2.75, 3.05) is 26.2 Å². The van der Waals surface area contributed by atoms with E-state index >= 15 is 0 Å². The average Bonchev–Trinajstić information content (AvgIpc) is 3.28. The summed E-state index contributed by atoms with van der Waals surface area (Å²) < 4.78 is 5.69. The molecule has 1 aliphatic heterocycles. The van der Waals surface area contributed by atoms with Gasteiger partial charge in [-0.05, 0) is 52.0 Å². The minimum Gasteiger partial charge on any atom is -0.376 e. The van der Waals surface area contributed by atoms with E-state index in [0.717, 1.165) is 45.5 Å². The van der Waals surface area contributed by atoms with Gasteiger partial charge in [-0.25, -0.2) is 0 Å². The van der Waals surface area contributed by atoms with E-state index in [-0.39, 0.29) is 5.54 Å². The molecule has 2 rings (SSSR count). The molecule has 0 aromatic rings. The molecule has 114 valence electrons. The van der Waals surface area contributed by atoms with Gasteiger partial charge < -0.3 is 4.74 Å². The monoisotopic (exact) mass is 279 g/mol. The quantitative estimate of drug-likeness (QED) is 0.693. The zero-order valence-corrected chi connectivity index (χ0v) is 13.0. The van der Waals surface area contributed by atoms with E-state index in [4.69, 9.17) is 4.74 Å². The van der Waals surface area contributed by atoms with Crippen molar-refractivity contribution in [1.29, 1.82) is 5.26 Å². The van der Waals surface area contributed by atoms with Crippen molar-refractivity contribution >= 4 is 0 Å². The molecule has 4 nitrogen and oxygen atoms in total. The summed E-state index contributed by atoms with van der Waals surface area (Å²) >= 11 is 0. The van der Waals surface area contributed by atoms with Gasteiger partial charge >= 0.3 is 0 Å². The summed E-state index contributed by atoms with van der Waals surface area (Å²) in [7, 11) is 0. The van der Waals surface area contributed by atoms with Crippen molar-refractivity contribution in [1.82, 2.24) is 10.2 Å². The van der Waals surface area contributed by atoms with Crippen LogP contribution in [0.2, 0.25) is 0 Å². The first kappa shape index (κ1) is 15.8. The van der Waals surface area contributed by atoms with Crippen LogP contribution >= 0.6 is 0 Å². The van der Waals surface area contributed by atoms with Gasteiger partial charge in [0.05, 0.1) is 18.8 Å². The lowest BCUT2D eigenvalue weighted by Gasteiger charge is -2.32. The fourth-order valence-electron chi connectivity index (χ4n) is 2.88. The van der Waals surface area contributed by atoms with Gasteiger partial charge in [0.1, 0.15) is 5.54 Å². The van der Waals surface area contributed by atoms with E-state index in [1.165, 1.54) is 19.3 Å². The first-order valence-electron chi connectivity index (χ1n) is 8.18. The topological polar surface area (TPSA) is 48.3 Å². The molecule has 0 radical (unpaired) electrons. The summed E-state index contributed by atoms with van der Waals surface area (Å²) in [6.45, 7) is 8.39. The van der Waals surface area contributed by atoms with E-state index < -0.39 is 0 Å². The van der Waals surface area contributed by atoms with Crippen LogP contribution in [-0.4, -0.2) is 48.8 Å². The Hall–Kier alpha value is -0.630. The van der Waals surface area contributed by atoms with Gasteiger partial charge in [0.15, 0.2) is 0 Å². The number of nitrogens with zero attached hydrogens (tertiary/aromatic N) is 2. The molecule has 20 heavy (non-hydrogen) atoms. The molecule has 1 saturated carbocycles. The zero-order valence-electron chi connectivity index (χ0n) is 13.0. The smallest absolute Gasteiger partial charge is 0.104 e. The Bertz CT molecular complexity index is 337. The largest absolute Gasteiger partial charge is 0.376 e. The molecule has 1 saturated heterocycles. The summed E-state index contributed by atoms with van der Waals surface area (Å²) in [6, 6.07) is 3.06. The molecular formula is C16H29N3O. The Kier molecular flexibility index (Phi) is 5.83. The number of morpholine rings is 1. The molecule has 4 heteroatoms. The van der Waals surface area contributed by atoms with E-state index in [1.54, 1.807) is 0 Å². The average molecular weight is 279 g/mol. The van der Waals surface area contributed by atoms with Crippen molar-refractivity contribution in [2.45, 2.75) is 70.1 Å². The van der Waals surface area contributed by atoms with Crippen molar-refractivity contribution in [3.8, 4) is 6.07 Å². The maximum Gasteiger partial charge on any atom is 0.104 e. The molecule has 2 fully saturated rings. The molecular weight excluding hydrogens is 250 g/mol. The first-order valence-corrected chi connectivity index (χ1v) is 8.18. The van der Waals surface area contributed by atoms with E-state index in [1.807, 2.05) is 6.92 Å². The van der Waals surface area contributed by atoms with E-state index in [2.05, 4.69) is 23.2 Å². The Morgan fingerprint density at radius 3 is 2.85 bits per heavy atom. The third kappa shape index (κ3) is 5.05. The van der Waals surface area contributed by atoms with Crippen molar-refractivity contribution in [3.63, 3.8) is 0 Å². The molecule has 0 bridgehead atoms. The fourth-order valence-corrected chi connectivity index (χ4v) is 2.88. The summed E-state index contributed by atoms with van der Waals surface area (Å²) in [5.74, 6) is 0. The number of unbranched alkanes of at least 4 members (excludes halogenated alkanes) is 1. The molecule has 1 heterocycles. The number of nitriles is 1. The third-order valence-corrected chi connectivity index (χ3v) is 4.43. The van der Waals surface area contributed by atoms with Crippen LogP contribution < -0.4 is 5.32 Å². The number of ether oxygens (including phenoxy) is 1. The van der Waals surface area contributed by atoms with Crippen LogP contribution in [0.1, 0.15) is 52.4 Å². The van der Waals surface area contributed by atoms with Crippen LogP contribution in [0.3, 0.4) is 0 Å². The maximum atomic E-state index is 9.34. The van der Waals surface area contributed by atoms with Crippen LogP contribution in [0.15, 0.2) is 0 Å². The van der Waals surface area contributed by atoms with Gasteiger partial charge in [0, 0.05) is 19.1 Å². The highest BCUT2D eigenvalue weighted by Gasteiger charge is 2.32. The van der Waals surface area contributed by atoms with Crippen molar-refractivity contribution < 1.29 is 4.74 Å². The van der Waals surface area contributed by atoms with Crippen molar-refractivity contribution in [3.05, 3.63) is 0 Å². The van der Waals surface area contributed by atoms with Crippen LogP contribution in [0.5, 0.6) is 0 Å². The highest BCUT2D eigenvalue weighted by molar-refractivity contribution is 5.06. The molecule has 1 aliphatic carbocycles. The summed E-state index contributed by atoms with van der Waals surface area (Å²) in [4.78, 5) is 2.51. The van der Waals surface area contributed by atoms with Crippen LogP contribution in [0.25, 0.3) is 0 Å². The molecule has 0 spiro atoms. The summed E-state index contributed by atoms with van der Waals surface area (Å²) in [5, 5.41) is 12.8. The molecule has 0 amide bonds. The molecule has 0 aromatic heterocycles. The van der Waals surface area contributed by atoms with Gasteiger partial charge in [-0.2, -0.15) is 5.26 Å². The van der Waals surface area contributed by atoms with E-state index in [9.17, 15) is 5.26 Å². The highest BCUT2D eigenvalue weighted by Crippen LogP contribution is 2.24. The van der Waals surface area contributed by atoms with E-state index in [0.29, 0.717) is 12.1 Å². The standard InChI is InChI=1S/C16H29N3O/c1-3-15-12-19(10-11-20-15)9-5-4-8-16(2,13-17)18-14-6-7-14/h14-15,18H,3-12H2,1-2H3.